The fraction of sp³-hybridized carbons (Fsp3) is 0.208. The zero-order chi connectivity index (χ0) is 23.1. The van der Waals surface area contributed by atoms with Crippen molar-refractivity contribution in [3.05, 3.63) is 75.8 Å². The molecule has 0 saturated heterocycles. The second-order valence-corrected chi connectivity index (χ2v) is 7.83. The molecule has 6 nitrogen and oxygen atoms in total. The average Bonchev–Trinajstić information content (AvgIpc) is 2.78. The Labute approximate surface area is 197 Å². The fourth-order valence-corrected chi connectivity index (χ4v) is 3.51. The molecule has 3 aromatic carbocycles. The van der Waals surface area contributed by atoms with E-state index < -0.39 is 0 Å². The van der Waals surface area contributed by atoms with Crippen LogP contribution < -0.4 is 24.8 Å². The summed E-state index contributed by atoms with van der Waals surface area (Å²) in [4.78, 5) is 12.2. The SMILES string of the molecule is COc1ccc(NCc2cc(Cl)c(OCC(=O)Nc3ccc(C)cc3)c(OC)c2)cc1Cl. The fourth-order valence-electron chi connectivity index (χ4n) is 2.97. The van der Waals surface area contributed by atoms with Crippen LogP contribution in [0.5, 0.6) is 17.2 Å². The number of hydrogen-bond donors (Lipinski definition) is 2. The standard InChI is InChI=1S/C24H24Cl2N2O4/c1-15-4-6-17(7-5-15)28-23(29)14-32-24-20(26)10-16(11-22(24)31-3)13-27-18-8-9-21(30-2)19(25)12-18/h4-12,27H,13-14H2,1-3H3,(H,28,29). The van der Waals surface area contributed by atoms with E-state index in [-0.39, 0.29) is 12.5 Å². The Hall–Kier alpha value is -3.09. The smallest absolute Gasteiger partial charge is 0.262 e. The van der Waals surface area contributed by atoms with Crippen molar-refractivity contribution in [3.63, 3.8) is 0 Å². The van der Waals surface area contributed by atoms with E-state index in [0.717, 1.165) is 16.8 Å². The van der Waals surface area contributed by atoms with Gasteiger partial charge in [0.15, 0.2) is 18.1 Å². The Bertz CT molecular complexity index is 1090. The molecule has 0 aliphatic heterocycles. The van der Waals surface area contributed by atoms with Gasteiger partial charge >= 0.3 is 0 Å². The molecule has 0 unspecified atom stereocenters. The van der Waals surface area contributed by atoms with Gasteiger partial charge in [-0.15, -0.1) is 0 Å². The molecule has 0 atom stereocenters. The van der Waals surface area contributed by atoms with Gasteiger partial charge in [0, 0.05) is 17.9 Å². The van der Waals surface area contributed by atoms with Gasteiger partial charge in [0.2, 0.25) is 0 Å². The van der Waals surface area contributed by atoms with E-state index in [9.17, 15) is 4.79 Å². The highest BCUT2D eigenvalue weighted by Gasteiger charge is 2.14. The summed E-state index contributed by atoms with van der Waals surface area (Å²) in [6.07, 6.45) is 0. The molecule has 2 N–H and O–H groups in total. The summed E-state index contributed by atoms with van der Waals surface area (Å²) in [6, 6.07) is 16.5. The molecule has 3 aromatic rings. The monoisotopic (exact) mass is 474 g/mol. The van der Waals surface area contributed by atoms with Gasteiger partial charge < -0.3 is 24.8 Å². The Balaban J connectivity index is 1.63. The largest absolute Gasteiger partial charge is 0.495 e. The third-order valence-corrected chi connectivity index (χ3v) is 5.20. The molecule has 0 fully saturated rings. The summed E-state index contributed by atoms with van der Waals surface area (Å²) in [5, 5.41) is 6.91. The van der Waals surface area contributed by atoms with E-state index in [1.807, 2.05) is 37.3 Å². The first kappa shape index (κ1) is 23.6. The normalized spacial score (nSPS) is 10.4. The maximum atomic E-state index is 12.2. The van der Waals surface area contributed by atoms with Crippen molar-refractivity contribution in [1.29, 1.82) is 0 Å². The summed E-state index contributed by atoms with van der Waals surface area (Å²) >= 11 is 12.6. The number of anilines is 2. The van der Waals surface area contributed by atoms with Gasteiger partial charge in [0.05, 0.1) is 24.3 Å². The van der Waals surface area contributed by atoms with E-state index in [1.54, 1.807) is 31.4 Å². The predicted molar refractivity (Wildman–Crippen MR) is 129 cm³/mol. The number of carbonyl (C=O) groups is 1. The van der Waals surface area contributed by atoms with E-state index in [0.29, 0.717) is 39.5 Å². The molecule has 8 heteroatoms. The molecule has 0 radical (unpaired) electrons. The second kappa shape index (κ2) is 11.0. The molecule has 0 aliphatic rings. The lowest BCUT2D eigenvalue weighted by atomic mass is 10.2. The van der Waals surface area contributed by atoms with Crippen molar-refractivity contribution in [1.82, 2.24) is 0 Å². The number of carbonyl (C=O) groups excluding carboxylic acids is 1. The summed E-state index contributed by atoms with van der Waals surface area (Å²) in [7, 11) is 3.09. The van der Waals surface area contributed by atoms with Crippen molar-refractivity contribution in [2.24, 2.45) is 0 Å². The maximum Gasteiger partial charge on any atom is 0.262 e. The van der Waals surface area contributed by atoms with Crippen LogP contribution >= 0.6 is 23.2 Å². The predicted octanol–water partition coefficient (Wildman–Crippen LogP) is 5.95. The molecule has 0 bridgehead atoms. The summed E-state index contributed by atoms with van der Waals surface area (Å²) in [5.74, 6) is 1.05. The molecule has 0 saturated carbocycles. The molecule has 0 aromatic heterocycles. The zero-order valence-corrected chi connectivity index (χ0v) is 19.5. The third kappa shape index (κ3) is 6.22. The minimum absolute atomic E-state index is 0.202. The van der Waals surface area contributed by atoms with Crippen LogP contribution in [0, 0.1) is 6.92 Å². The van der Waals surface area contributed by atoms with E-state index in [2.05, 4.69) is 10.6 Å². The Kier molecular flexibility index (Phi) is 8.09. The van der Waals surface area contributed by atoms with Gasteiger partial charge in [-0.1, -0.05) is 40.9 Å². The van der Waals surface area contributed by atoms with Crippen molar-refractivity contribution >= 4 is 40.5 Å². The Morgan fingerprint density at radius 1 is 0.875 bits per heavy atom. The van der Waals surface area contributed by atoms with Crippen molar-refractivity contribution in [2.75, 3.05) is 31.5 Å². The van der Waals surface area contributed by atoms with Crippen LogP contribution in [0.4, 0.5) is 11.4 Å². The third-order valence-electron chi connectivity index (χ3n) is 4.62. The van der Waals surface area contributed by atoms with Gasteiger partial charge in [-0.2, -0.15) is 0 Å². The highest BCUT2D eigenvalue weighted by Crippen LogP contribution is 2.37. The lowest BCUT2D eigenvalue weighted by Crippen LogP contribution is -2.20. The topological polar surface area (TPSA) is 68.8 Å². The van der Waals surface area contributed by atoms with Crippen LogP contribution in [0.25, 0.3) is 0 Å². The molecule has 3 rings (SSSR count). The van der Waals surface area contributed by atoms with Gasteiger partial charge in [0.25, 0.3) is 5.91 Å². The number of aryl methyl sites for hydroxylation is 1. The van der Waals surface area contributed by atoms with E-state index in [4.69, 9.17) is 37.4 Å². The van der Waals surface area contributed by atoms with Gasteiger partial charge in [-0.3, -0.25) is 4.79 Å². The van der Waals surface area contributed by atoms with Crippen LogP contribution in [0.3, 0.4) is 0 Å². The molecule has 0 aliphatic carbocycles. The van der Waals surface area contributed by atoms with Crippen molar-refractivity contribution in [2.45, 2.75) is 13.5 Å². The first-order chi connectivity index (χ1) is 15.4. The number of hydrogen-bond acceptors (Lipinski definition) is 5. The quantitative estimate of drug-likeness (QED) is 0.401. The van der Waals surface area contributed by atoms with E-state index in [1.165, 1.54) is 7.11 Å². The molecule has 0 spiro atoms. The zero-order valence-electron chi connectivity index (χ0n) is 18.0. The van der Waals surface area contributed by atoms with Gasteiger partial charge in [0.1, 0.15) is 5.75 Å². The molecule has 0 heterocycles. The molecule has 1 amide bonds. The number of halogens is 2. The Morgan fingerprint density at radius 3 is 2.22 bits per heavy atom. The van der Waals surface area contributed by atoms with Gasteiger partial charge in [-0.05, 0) is 55.0 Å². The number of benzene rings is 3. The minimum Gasteiger partial charge on any atom is -0.495 e. The summed E-state index contributed by atoms with van der Waals surface area (Å²) in [5.41, 5.74) is 3.51. The molecular formula is C24H24Cl2N2O4. The maximum absolute atomic E-state index is 12.2. The molecular weight excluding hydrogens is 451 g/mol. The minimum atomic E-state index is -0.297. The first-order valence-corrected chi connectivity index (χ1v) is 10.6. The number of methoxy groups -OCH3 is 2. The number of ether oxygens (including phenoxy) is 3. The van der Waals surface area contributed by atoms with Crippen LogP contribution in [0.15, 0.2) is 54.6 Å². The van der Waals surface area contributed by atoms with E-state index >= 15 is 0 Å². The highest BCUT2D eigenvalue weighted by atomic mass is 35.5. The van der Waals surface area contributed by atoms with Crippen molar-refractivity contribution < 1.29 is 19.0 Å². The van der Waals surface area contributed by atoms with Gasteiger partial charge in [-0.25, -0.2) is 0 Å². The summed E-state index contributed by atoms with van der Waals surface area (Å²) in [6.45, 7) is 2.26. The number of rotatable bonds is 9. The Morgan fingerprint density at radius 2 is 1.56 bits per heavy atom. The highest BCUT2D eigenvalue weighted by molar-refractivity contribution is 6.32. The van der Waals surface area contributed by atoms with Crippen molar-refractivity contribution in [3.8, 4) is 17.2 Å². The summed E-state index contributed by atoms with van der Waals surface area (Å²) < 4.78 is 16.2. The van der Waals surface area contributed by atoms with Crippen LogP contribution in [-0.2, 0) is 11.3 Å². The number of amides is 1. The van der Waals surface area contributed by atoms with Crippen LogP contribution in [0.1, 0.15) is 11.1 Å². The lowest BCUT2D eigenvalue weighted by molar-refractivity contribution is -0.118. The molecule has 32 heavy (non-hydrogen) atoms. The second-order valence-electron chi connectivity index (χ2n) is 7.01. The average molecular weight is 475 g/mol. The lowest BCUT2D eigenvalue weighted by Gasteiger charge is -2.15. The van der Waals surface area contributed by atoms with Crippen LogP contribution in [-0.4, -0.2) is 26.7 Å². The first-order valence-electron chi connectivity index (χ1n) is 9.82. The van der Waals surface area contributed by atoms with Crippen LogP contribution in [0.2, 0.25) is 10.0 Å². The number of nitrogens with one attached hydrogen (secondary N) is 2. The molecule has 168 valence electrons.